The van der Waals surface area contributed by atoms with Gasteiger partial charge in [-0.3, -0.25) is 4.79 Å². The molecule has 5 N–H and O–H groups in total. The summed E-state index contributed by atoms with van der Waals surface area (Å²) in [5.74, 6) is 0.834. The summed E-state index contributed by atoms with van der Waals surface area (Å²) >= 11 is 0. The summed E-state index contributed by atoms with van der Waals surface area (Å²) < 4.78 is 1.45. The predicted molar refractivity (Wildman–Crippen MR) is 121 cm³/mol. The number of aromatic nitrogens is 5. The Bertz CT molecular complexity index is 1290. The number of carbonyl (C=O) groups excluding carboxylic acids is 1. The first kappa shape index (κ1) is 21.2. The number of primary amides is 1. The molecule has 4 aromatic rings. The Morgan fingerprint density at radius 1 is 1.16 bits per heavy atom. The Morgan fingerprint density at radius 2 is 1.94 bits per heavy atom. The van der Waals surface area contributed by atoms with Crippen LogP contribution in [0.5, 0.6) is 0 Å². The van der Waals surface area contributed by atoms with Crippen LogP contribution in [0.15, 0.2) is 48.5 Å². The van der Waals surface area contributed by atoms with E-state index in [2.05, 4.69) is 25.6 Å². The molecule has 0 atom stereocenters. The minimum absolute atomic E-state index is 0.266. The van der Waals surface area contributed by atoms with Crippen molar-refractivity contribution < 1.29 is 14.8 Å². The highest BCUT2D eigenvalue weighted by atomic mass is 16.4. The number of anilines is 2. The van der Waals surface area contributed by atoms with Gasteiger partial charge in [0.2, 0.25) is 0 Å². The number of hydrogen-bond donors (Lipinski definition) is 4. The molecular formula is C20H21BN8O3. The molecule has 0 fully saturated rings. The molecule has 32 heavy (non-hydrogen) atoms. The smallest absolute Gasteiger partial charge is 0.423 e. The highest BCUT2D eigenvalue weighted by Crippen LogP contribution is 2.21. The predicted octanol–water partition coefficient (Wildman–Crippen LogP) is -0.333. The van der Waals surface area contributed by atoms with E-state index in [1.165, 1.54) is 4.68 Å². The van der Waals surface area contributed by atoms with E-state index in [-0.39, 0.29) is 11.5 Å². The second-order valence-corrected chi connectivity index (χ2v) is 7.32. The largest absolute Gasteiger partial charge is 0.488 e. The molecule has 0 saturated carbocycles. The van der Waals surface area contributed by atoms with Gasteiger partial charge in [0.25, 0.3) is 11.9 Å². The molecule has 2 aromatic carbocycles. The molecule has 0 saturated heterocycles. The Hall–Kier alpha value is -4.03. The van der Waals surface area contributed by atoms with Gasteiger partial charge in [0, 0.05) is 26.7 Å². The summed E-state index contributed by atoms with van der Waals surface area (Å²) in [6.45, 7) is 0.397. The van der Waals surface area contributed by atoms with Crippen molar-refractivity contribution in [3.63, 3.8) is 0 Å². The lowest BCUT2D eigenvalue weighted by molar-refractivity contribution is 0.100. The van der Waals surface area contributed by atoms with Gasteiger partial charge in [-0.2, -0.15) is 14.6 Å². The van der Waals surface area contributed by atoms with Gasteiger partial charge in [0.15, 0.2) is 0 Å². The normalized spacial score (nSPS) is 10.9. The zero-order chi connectivity index (χ0) is 22.8. The van der Waals surface area contributed by atoms with Crippen LogP contribution in [0.2, 0.25) is 0 Å². The second kappa shape index (κ2) is 8.61. The lowest BCUT2D eigenvalue weighted by Crippen LogP contribution is -2.30. The number of rotatable bonds is 7. The maximum atomic E-state index is 11.7. The molecule has 0 aliphatic carbocycles. The zero-order valence-electron chi connectivity index (χ0n) is 17.5. The van der Waals surface area contributed by atoms with E-state index in [0.29, 0.717) is 34.7 Å². The fourth-order valence-corrected chi connectivity index (χ4v) is 3.18. The first-order valence-electron chi connectivity index (χ1n) is 9.73. The van der Waals surface area contributed by atoms with E-state index in [1.54, 1.807) is 42.5 Å². The number of nitrogens with one attached hydrogen (secondary N) is 1. The molecule has 2 heterocycles. The summed E-state index contributed by atoms with van der Waals surface area (Å²) in [6, 6.07) is 13.8. The maximum absolute atomic E-state index is 11.7. The number of benzene rings is 2. The van der Waals surface area contributed by atoms with E-state index in [4.69, 9.17) is 5.73 Å². The van der Waals surface area contributed by atoms with Crippen LogP contribution in [-0.2, 0) is 6.54 Å². The second-order valence-electron chi connectivity index (χ2n) is 7.32. The average molecular weight is 432 g/mol. The monoisotopic (exact) mass is 432 g/mol. The molecule has 162 valence electrons. The quantitative estimate of drug-likeness (QED) is 0.287. The van der Waals surface area contributed by atoms with Crippen LogP contribution in [0.4, 0.5) is 11.6 Å². The lowest BCUT2D eigenvalue weighted by atomic mass is 9.80. The van der Waals surface area contributed by atoms with Crippen LogP contribution < -0.4 is 21.4 Å². The Kier molecular flexibility index (Phi) is 5.71. The summed E-state index contributed by atoms with van der Waals surface area (Å²) in [6.07, 6.45) is 0. The summed E-state index contributed by atoms with van der Waals surface area (Å²) in [5.41, 5.74) is 7.88. The number of fused-ring (bicyclic) bond motifs is 1. The highest BCUT2D eigenvalue weighted by Gasteiger charge is 2.17. The first-order chi connectivity index (χ1) is 15.3. The van der Waals surface area contributed by atoms with Gasteiger partial charge in [-0.25, -0.2) is 0 Å². The van der Waals surface area contributed by atoms with E-state index in [0.717, 1.165) is 5.56 Å². The van der Waals surface area contributed by atoms with Crippen molar-refractivity contribution in [2.45, 2.75) is 6.54 Å². The van der Waals surface area contributed by atoms with Gasteiger partial charge in [0.1, 0.15) is 17.2 Å². The van der Waals surface area contributed by atoms with Crippen LogP contribution in [0.1, 0.15) is 15.9 Å². The van der Waals surface area contributed by atoms with E-state index in [9.17, 15) is 14.8 Å². The van der Waals surface area contributed by atoms with E-state index in [1.807, 2.05) is 25.1 Å². The van der Waals surface area contributed by atoms with Crippen molar-refractivity contribution >= 4 is 41.2 Å². The van der Waals surface area contributed by atoms with Gasteiger partial charge in [-0.15, -0.1) is 5.10 Å². The van der Waals surface area contributed by atoms with Crippen LogP contribution >= 0.6 is 0 Å². The van der Waals surface area contributed by atoms with E-state index < -0.39 is 13.0 Å². The van der Waals surface area contributed by atoms with Gasteiger partial charge >= 0.3 is 7.12 Å². The van der Waals surface area contributed by atoms with Gasteiger partial charge < -0.3 is 26.0 Å². The molecule has 0 unspecified atom stereocenters. The molecule has 0 spiro atoms. The topological polar surface area (TPSA) is 155 Å². The third kappa shape index (κ3) is 4.22. The molecular weight excluding hydrogens is 411 g/mol. The van der Waals surface area contributed by atoms with Gasteiger partial charge in [0.05, 0.1) is 11.1 Å². The van der Waals surface area contributed by atoms with Crippen molar-refractivity contribution in [2.24, 2.45) is 5.73 Å². The van der Waals surface area contributed by atoms with Crippen LogP contribution in [0, 0.1) is 0 Å². The number of carbonyl (C=O) groups is 1. The van der Waals surface area contributed by atoms with Crippen molar-refractivity contribution in [3.8, 4) is 5.95 Å². The van der Waals surface area contributed by atoms with Crippen LogP contribution in [-0.4, -0.2) is 62.1 Å². The molecule has 12 heteroatoms. The van der Waals surface area contributed by atoms with Crippen molar-refractivity contribution in [2.75, 3.05) is 24.3 Å². The number of amides is 1. The van der Waals surface area contributed by atoms with E-state index >= 15 is 0 Å². The molecule has 2 aromatic heterocycles. The minimum atomic E-state index is -1.54. The molecule has 4 rings (SSSR count). The van der Waals surface area contributed by atoms with Crippen LogP contribution in [0.25, 0.3) is 17.0 Å². The average Bonchev–Trinajstić information content (AvgIpc) is 3.21. The SMILES string of the molecule is CN(C)c1cc(NCc2cccc(B(O)O)c2)nc(-n2nnc3c(C(N)=O)cccc32)n1. The fraction of sp³-hybridized carbons (Fsp3) is 0.150. The lowest BCUT2D eigenvalue weighted by Gasteiger charge is -2.15. The molecule has 11 nitrogen and oxygen atoms in total. The van der Waals surface area contributed by atoms with Crippen LogP contribution in [0.3, 0.4) is 0 Å². The fourth-order valence-electron chi connectivity index (χ4n) is 3.18. The Balaban J connectivity index is 1.70. The Morgan fingerprint density at radius 3 is 2.66 bits per heavy atom. The van der Waals surface area contributed by atoms with Crippen molar-refractivity contribution in [1.29, 1.82) is 0 Å². The molecule has 0 bridgehead atoms. The third-order valence-corrected chi connectivity index (χ3v) is 4.81. The summed E-state index contributed by atoms with van der Waals surface area (Å²) in [5, 5.41) is 30.2. The molecule has 0 aliphatic rings. The summed E-state index contributed by atoms with van der Waals surface area (Å²) in [4.78, 5) is 22.6. The van der Waals surface area contributed by atoms with Gasteiger partial charge in [-0.1, -0.05) is 35.5 Å². The molecule has 1 amide bonds. The van der Waals surface area contributed by atoms with Gasteiger partial charge in [-0.05, 0) is 23.2 Å². The first-order valence-corrected chi connectivity index (χ1v) is 9.73. The summed E-state index contributed by atoms with van der Waals surface area (Å²) in [7, 11) is 2.17. The minimum Gasteiger partial charge on any atom is -0.423 e. The van der Waals surface area contributed by atoms with Crippen molar-refractivity contribution in [1.82, 2.24) is 25.0 Å². The standard InChI is InChI=1S/C20H21BN8O3/c1-28(2)17-10-16(23-11-12-5-3-6-13(9-12)21(31)32)24-20(25-17)29-15-8-4-7-14(19(22)30)18(15)26-27-29/h3-10,31-32H,11H2,1-2H3,(H2,22,30)(H,23,24,25). The number of hydrogen-bond acceptors (Lipinski definition) is 9. The number of nitrogens with zero attached hydrogens (tertiary/aromatic N) is 6. The van der Waals surface area contributed by atoms with Crippen molar-refractivity contribution in [3.05, 3.63) is 59.7 Å². The molecule has 0 radical (unpaired) electrons. The third-order valence-electron chi connectivity index (χ3n) is 4.81. The Labute approximate surface area is 183 Å². The molecule has 0 aliphatic heterocycles. The number of nitrogens with two attached hydrogens (primary N) is 1. The zero-order valence-corrected chi connectivity index (χ0v) is 17.5. The maximum Gasteiger partial charge on any atom is 0.488 e. The highest BCUT2D eigenvalue weighted by molar-refractivity contribution is 6.58.